The topological polar surface area (TPSA) is 9.23 Å². The maximum Gasteiger partial charge on any atom is 0.459 e. The highest BCUT2D eigenvalue weighted by atomic mass is 19.4. The highest BCUT2D eigenvalue weighted by Gasteiger charge is 2.79. The van der Waals surface area contributed by atoms with Crippen LogP contribution in [-0.4, -0.2) is 36.9 Å². The van der Waals surface area contributed by atoms with E-state index < -0.39 is 36.9 Å². The molecule has 0 rings (SSSR count). The summed E-state index contributed by atoms with van der Waals surface area (Å²) in [7, 11) is 0. The fourth-order valence-electron chi connectivity index (χ4n) is 0.870. The zero-order valence-electron chi connectivity index (χ0n) is 9.18. The van der Waals surface area contributed by atoms with Gasteiger partial charge in [0.25, 0.3) is 6.17 Å². The minimum atomic E-state index is -6.96. The van der Waals surface area contributed by atoms with Gasteiger partial charge in [-0.05, 0) is 6.42 Å². The molecule has 116 valence electrons. The second-order valence-electron chi connectivity index (χ2n) is 3.47. The third-order valence-corrected chi connectivity index (χ3v) is 1.89. The Labute approximate surface area is 100 Å². The fraction of sp³-hybridized carbons (Fsp3) is 1.00. The van der Waals surface area contributed by atoms with Crippen LogP contribution in [0.25, 0.3) is 0 Å². The van der Waals surface area contributed by atoms with Crippen LogP contribution in [0.5, 0.6) is 0 Å². The lowest BCUT2D eigenvalue weighted by molar-refractivity contribution is -0.398. The number of alkyl halides is 10. The second kappa shape index (κ2) is 5.33. The molecule has 0 aromatic heterocycles. The molecule has 0 amide bonds. The van der Waals surface area contributed by atoms with Crippen LogP contribution in [0, 0.1) is 0 Å². The molecule has 0 aromatic carbocycles. The summed E-state index contributed by atoms with van der Waals surface area (Å²) in [6, 6.07) is 0. The molecular weight excluding hydrogens is 302 g/mol. The molecule has 0 fully saturated rings. The van der Waals surface area contributed by atoms with Gasteiger partial charge < -0.3 is 4.74 Å². The Morgan fingerprint density at radius 1 is 0.895 bits per heavy atom. The first-order chi connectivity index (χ1) is 8.22. The van der Waals surface area contributed by atoms with Crippen LogP contribution in [0.15, 0.2) is 0 Å². The lowest BCUT2D eigenvalue weighted by Gasteiger charge is -2.33. The van der Waals surface area contributed by atoms with E-state index in [4.69, 9.17) is 0 Å². The maximum absolute atomic E-state index is 12.7. The van der Waals surface area contributed by atoms with Crippen LogP contribution in [0.4, 0.5) is 43.9 Å². The lowest BCUT2D eigenvalue weighted by Crippen LogP contribution is -2.61. The Morgan fingerprint density at radius 3 is 1.63 bits per heavy atom. The van der Waals surface area contributed by atoms with E-state index in [0.29, 0.717) is 0 Å². The van der Waals surface area contributed by atoms with E-state index in [2.05, 4.69) is 4.74 Å². The standard InChI is InChI=1S/C8H8F10O/c1-2-3-19-6(12,13)4(9)5(10,11)7(14,15)8(16,17)18/h4H,2-3H2,1H3. The van der Waals surface area contributed by atoms with E-state index in [-0.39, 0.29) is 6.42 Å². The van der Waals surface area contributed by atoms with Crippen LogP contribution < -0.4 is 0 Å². The summed E-state index contributed by atoms with van der Waals surface area (Å²) in [5.74, 6) is -13.6. The van der Waals surface area contributed by atoms with E-state index in [0.717, 1.165) is 0 Å². The Kier molecular flexibility index (Phi) is 5.12. The van der Waals surface area contributed by atoms with Crippen molar-refractivity contribution in [3.8, 4) is 0 Å². The average Bonchev–Trinajstić information content (AvgIpc) is 2.23. The molecule has 0 saturated heterocycles. The van der Waals surface area contributed by atoms with Crippen molar-refractivity contribution < 1.29 is 48.6 Å². The van der Waals surface area contributed by atoms with Crippen LogP contribution in [-0.2, 0) is 4.74 Å². The zero-order valence-corrected chi connectivity index (χ0v) is 9.18. The van der Waals surface area contributed by atoms with Gasteiger partial charge in [-0.2, -0.15) is 39.5 Å². The van der Waals surface area contributed by atoms with E-state index in [1.807, 2.05) is 0 Å². The van der Waals surface area contributed by atoms with Gasteiger partial charge in [-0.25, -0.2) is 4.39 Å². The molecule has 1 atom stereocenters. The number of hydrogen-bond acceptors (Lipinski definition) is 1. The molecule has 19 heavy (non-hydrogen) atoms. The van der Waals surface area contributed by atoms with Crippen LogP contribution in [0.1, 0.15) is 13.3 Å². The first-order valence-electron chi connectivity index (χ1n) is 4.70. The number of rotatable bonds is 6. The van der Waals surface area contributed by atoms with Gasteiger partial charge >= 0.3 is 24.1 Å². The number of hydrogen-bond donors (Lipinski definition) is 0. The van der Waals surface area contributed by atoms with Crippen molar-refractivity contribution in [2.24, 2.45) is 0 Å². The molecule has 0 heterocycles. The van der Waals surface area contributed by atoms with Gasteiger partial charge in [0.05, 0.1) is 6.61 Å². The third kappa shape index (κ3) is 3.42. The van der Waals surface area contributed by atoms with Crippen LogP contribution in [0.3, 0.4) is 0 Å². The lowest BCUT2D eigenvalue weighted by atomic mass is 10.1. The van der Waals surface area contributed by atoms with Gasteiger partial charge in [0.1, 0.15) is 0 Å². The summed E-state index contributed by atoms with van der Waals surface area (Å²) in [4.78, 5) is 0. The van der Waals surface area contributed by atoms with Crippen LogP contribution in [0.2, 0.25) is 0 Å². The first-order valence-corrected chi connectivity index (χ1v) is 4.70. The second-order valence-corrected chi connectivity index (χ2v) is 3.47. The summed E-state index contributed by atoms with van der Waals surface area (Å²) in [5, 5.41) is 0. The minimum absolute atomic E-state index is 0.219. The highest BCUT2D eigenvalue weighted by molar-refractivity contribution is 4.98. The SMILES string of the molecule is CCCOC(F)(F)C(F)C(F)(F)C(F)(F)C(F)(F)F. The third-order valence-electron chi connectivity index (χ3n) is 1.89. The average molecular weight is 310 g/mol. The molecule has 0 aromatic rings. The molecule has 0 aliphatic heterocycles. The molecule has 1 unspecified atom stereocenters. The first kappa shape index (κ1) is 18.3. The van der Waals surface area contributed by atoms with Crippen molar-refractivity contribution in [1.29, 1.82) is 0 Å². The van der Waals surface area contributed by atoms with Crippen molar-refractivity contribution >= 4 is 0 Å². The Bertz CT molecular complexity index is 296. The molecule has 11 heteroatoms. The van der Waals surface area contributed by atoms with Crippen LogP contribution >= 0.6 is 0 Å². The molecule has 1 nitrogen and oxygen atoms in total. The van der Waals surface area contributed by atoms with Gasteiger partial charge in [0, 0.05) is 0 Å². The molecule has 0 aliphatic carbocycles. The maximum atomic E-state index is 12.7. The predicted molar refractivity (Wildman–Crippen MR) is 42.0 cm³/mol. The van der Waals surface area contributed by atoms with Crippen molar-refractivity contribution in [2.75, 3.05) is 6.61 Å². The molecule has 0 radical (unpaired) electrons. The molecule has 0 aliphatic rings. The Morgan fingerprint density at radius 2 is 1.32 bits per heavy atom. The molecule has 0 spiro atoms. The Hall–Kier alpha value is -0.740. The highest BCUT2D eigenvalue weighted by Crippen LogP contribution is 2.51. The normalized spacial score (nSPS) is 16.6. The largest absolute Gasteiger partial charge is 0.459 e. The zero-order chi connectivity index (χ0) is 15.7. The summed E-state index contributed by atoms with van der Waals surface area (Å²) < 4.78 is 126. The van der Waals surface area contributed by atoms with Gasteiger partial charge in [-0.1, -0.05) is 6.92 Å². The fourth-order valence-corrected chi connectivity index (χ4v) is 0.870. The molecule has 0 N–H and O–H groups in total. The van der Waals surface area contributed by atoms with Gasteiger partial charge in [-0.15, -0.1) is 0 Å². The van der Waals surface area contributed by atoms with E-state index >= 15 is 0 Å². The summed E-state index contributed by atoms with van der Waals surface area (Å²) in [5.41, 5.74) is 0. The smallest absolute Gasteiger partial charge is 0.318 e. The quantitative estimate of drug-likeness (QED) is 0.669. The molecular formula is C8H8F10O. The minimum Gasteiger partial charge on any atom is -0.318 e. The number of ether oxygens (including phenoxy) is 1. The summed E-state index contributed by atoms with van der Waals surface area (Å²) in [6.45, 7) is 0.201. The van der Waals surface area contributed by atoms with Crippen molar-refractivity contribution in [3.05, 3.63) is 0 Å². The Balaban J connectivity index is 5.30. The monoisotopic (exact) mass is 310 g/mol. The van der Waals surface area contributed by atoms with E-state index in [1.165, 1.54) is 6.92 Å². The molecule has 0 bridgehead atoms. The van der Waals surface area contributed by atoms with Gasteiger partial charge in [-0.3, -0.25) is 0 Å². The summed E-state index contributed by atoms with van der Waals surface area (Å²) in [6.07, 6.45) is -17.7. The van der Waals surface area contributed by atoms with E-state index in [9.17, 15) is 43.9 Å². The predicted octanol–water partition coefficient (Wildman–Crippen LogP) is 4.18. The van der Waals surface area contributed by atoms with E-state index in [1.54, 1.807) is 0 Å². The van der Waals surface area contributed by atoms with Gasteiger partial charge in [0.15, 0.2) is 0 Å². The molecule has 0 saturated carbocycles. The van der Waals surface area contributed by atoms with Crippen molar-refractivity contribution in [2.45, 2.75) is 43.6 Å². The van der Waals surface area contributed by atoms with Crippen molar-refractivity contribution in [3.63, 3.8) is 0 Å². The summed E-state index contributed by atoms with van der Waals surface area (Å²) >= 11 is 0. The number of halogens is 10. The van der Waals surface area contributed by atoms with Crippen molar-refractivity contribution in [1.82, 2.24) is 0 Å². The van der Waals surface area contributed by atoms with Gasteiger partial charge in [0.2, 0.25) is 0 Å².